The highest BCUT2D eigenvalue weighted by Gasteiger charge is 2.09. The van der Waals surface area contributed by atoms with Crippen LogP contribution in [0.25, 0.3) is 0 Å². The Labute approximate surface area is 103 Å². The fraction of sp³-hybridized carbons (Fsp3) is 0.267. The summed E-state index contributed by atoms with van der Waals surface area (Å²) in [5.41, 5.74) is 3.62. The summed E-state index contributed by atoms with van der Waals surface area (Å²) in [5, 5.41) is 0. The van der Waals surface area contributed by atoms with Crippen LogP contribution in [0.2, 0.25) is 0 Å². The Morgan fingerprint density at radius 3 is 2.12 bits per heavy atom. The number of nitrogens with one attached hydrogen (secondary N) is 1. The lowest BCUT2D eigenvalue weighted by molar-refractivity contribution is 0.103. The van der Waals surface area contributed by atoms with Crippen LogP contribution in [0, 0.1) is 13.8 Å². The van der Waals surface area contributed by atoms with E-state index in [1.165, 1.54) is 0 Å². The fourth-order valence-corrected chi connectivity index (χ4v) is 1.73. The minimum Gasteiger partial charge on any atom is -0.359 e. The Morgan fingerprint density at radius 2 is 1.65 bits per heavy atom. The Kier molecular flexibility index (Phi) is 4.70. The molecule has 0 aliphatic heterocycles. The van der Waals surface area contributed by atoms with E-state index < -0.39 is 0 Å². The average Bonchev–Trinajstić information content (AvgIpc) is 2.83. The number of aryl methyl sites for hydroxylation is 2. The molecule has 0 aliphatic carbocycles. The second-order valence-electron chi connectivity index (χ2n) is 3.79. The number of hydrogen-bond acceptors (Lipinski definition) is 1. The lowest BCUT2D eigenvalue weighted by Gasteiger charge is -2.02. The molecule has 0 radical (unpaired) electrons. The molecular weight excluding hydrogens is 210 g/mol. The molecule has 17 heavy (non-hydrogen) atoms. The highest BCUT2D eigenvalue weighted by Crippen LogP contribution is 2.12. The van der Waals surface area contributed by atoms with Crippen molar-refractivity contribution >= 4 is 5.78 Å². The van der Waals surface area contributed by atoms with Crippen LogP contribution in [-0.4, -0.2) is 10.8 Å². The predicted octanol–water partition coefficient (Wildman–Crippen LogP) is 3.89. The number of carbonyl (C=O) groups excluding carboxylic acids is 1. The summed E-state index contributed by atoms with van der Waals surface area (Å²) in [7, 11) is 0. The van der Waals surface area contributed by atoms with Gasteiger partial charge in [-0.3, -0.25) is 4.79 Å². The van der Waals surface area contributed by atoms with Crippen LogP contribution in [-0.2, 0) is 0 Å². The quantitative estimate of drug-likeness (QED) is 0.779. The number of H-pyrrole nitrogens is 1. The molecule has 0 atom stereocenters. The van der Waals surface area contributed by atoms with Gasteiger partial charge in [0, 0.05) is 11.8 Å². The zero-order chi connectivity index (χ0) is 12.8. The van der Waals surface area contributed by atoms with Gasteiger partial charge in [-0.05, 0) is 38.1 Å². The summed E-state index contributed by atoms with van der Waals surface area (Å²) in [4.78, 5) is 14.9. The molecule has 90 valence electrons. The first-order chi connectivity index (χ1) is 8.16. The summed E-state index contributed by atoms with van der Waals surface area (Å²) in [5.74, 6) is 0.0480. The van der Waals surface area contributed by atoms with Gasteiger partial charge < -0.3 is 4.98 Å². The minimum atomic E-state index is 0.0480. The molecule has 0 saturated carbocycles. The van der Waals surface area contributed by atoms with Crippen molar-refractivity contribution in [2.45, 2.75) is 27.7 Å². The minimum absolute atomic E-state index is 0.0480. The first-order valence-electron chi connectivity index (χ1n) is 5.93. The Bertz CT molecular complexity index is 463. The molecule has 1 aromatic carbocycles. The van der Waals surface area contributed by atoms with Gasteiger partial charge in [0.2, 0.25) is 5.78 Å². The first kappa shape index (κ1) is 13.2. The van der Waals surface area contributed by atoms with Crippen molar-refractivity contribution in [1.82, 2.24) is 4.98 Å². The van der Waals surface area contributed by atoms with Gasteiger partial charge >= 0.3 is 0 Å². The van der Waals surface area contributed by atoms with Gasteiger partial charge in [0.15, 0.2) is 0 Å². The molecule has 0 spiro atoms. The van der Waals surface area contributed by atoms with E-state index in [2.05, 4.69) is 11.1 Å². The van der Waals surface area contributed by atoms with Gasteiger partial charge in [0.05, 0.1) is 5.69 Å². The topological polar surface area (TPSA) is 32.9 Å². The van der Waals surface area contributed by atoms with E-state index in [-0.39, 0.29) is 5.78 Å². The molecule has 2 heteroatoms. The number of benzene rings is 1. The first-order valence-corrected chi connectivity index (χ1v) is 5.93. The van der Waals surface area contributed by atoms with Gasteiger partial charge in [0.1, 0.15) is 0 Å². The molecule has 0 unspecified atom stereocenters. The summed E-state index contributed by atoms with van der Waals surface area (Å²) in [6, 6.07) is 9.51. The van der Waals surface area contributed by atoms with Crippen LogP contribution in [0.1, 0.15) is 41.0 Å². The number of ketones is 1. The third-order valence-corrected chi connectivity index (χ3v) is 2.33. The molecule has 1 aromatic heterocycles. The molecule has 0 amide bonds. The SMILES string of the molecule is CC.Cc1cc(C)cc(C(=O)c2ccc[nH]2)c1. The third kappa shape index (κ3) is 3.31. The van der Waals surface area contributed by atoms with Crippen molar-refractivity contribution in [2.24, 2.45) is 0 Å². The highest BCUT2D eigenvalue weighted by molar-refractivity contribution is 6.07. The fourth-order valence-electron chi connectivity index (χ4n) is 1.73. The number of aromatic amines is 1. The largest absolute Gasteiger partial charge is 0.359 e. The second kappa shape index (κ2) is 6.04. The Morgan fingerprint density at radius 1 is 1.06 bits per heavy atom. The van der Waals surface area contributed by atoms with E-state index in [0.29, 0.717) is 5.69 Å². The molecule has 2 rings (SSSR count). The monoisotopic (exact) mass is 229 g/mol. The Balaban J connectivity index is 0.000000686. The maximum Gasteiger partial charge on any atom is 0.209 e. The summed E-state index contributed by atoms with van der Waals surface area (Å²) >= 11 is 0. The van der Waals surface area contributed by atoms with Crippen LogP contribution in [0.3, 0.4) is 0 Å². The number of rotatable bonds is 2. The van der Waals surface area contributed by atoms with E-state index >= 15 is 0 Å². The summed E-state index contributed by atoms with van der Waals surface area (Å²) in [6.07, 6.45) is 1.76. The van der Waals surface area contributed by atoms with Gasteiger partial charge in [-0.15, -0.1) is 0 Å². The maximum absolute atomic E-state index is 12.0. The number of carbonyl (C=O) groups is 1. The standard InChI is InChI=1S/C13H13NO.C2H6/c1-9-6-10(2)8-11(7-9)13(15)12-4-3-5-14-12;1-2/h3-8,14H,1-2H3;1-2H3. The van der Waals surface area contributed by atoms with Crippen molar-refractivity contribution < 1.29 is 4.79 Å². The summed E-state index contributed by atoms with van der Waals surface area (Å²) in [6.45, 7) is 8.00. The van der Waals surface area contributed by atoms with Crippen LogP contribution in [0.5, 0.6) is 0 Å². The van der Waals surface area contributed by atoms with E-state index in [9.17, 15) is 4.79 Å². The van der Waals surface area contributed by atoms with E-state index in [4.69, 9.17) is 0 Å². The van der Waals surface area contributed by atoms with Crippen molar-refractivity contribution in [2.75, 3.05) is 0 Å². The number of hydrogen-bond donors (Lipinski definition) is 1. The van der Waals surface area contributed by atoms with Crippen molar-refractivity contribution in [3.63, 3.8) is 0 Å². The lowest BCUT2D eigenvalue weighted by Crippen LogP contribution is -2.02. The molecule has 2 aromatic rings. The number of aromatic nitrogens is 1. The molecule has 0 aliphatic rings. The second-order valence-corrected chi connectivity index (χ2v) is 3.79. The molecule has 1 heterocycles. The third-order valence-electron chi connectivity index (χ3n) is 2.33. The van der Waals surface area contributed by atoms with Crippen LogP contribution >= 0.6 is 0 Å². The zero-order valence-electron chi connectivity index (χ0n) is 10.9. The van der Waals surface area contributed by atoms with Crippen molar-refractivity contribution in [3.8, 4) is 0 Å². The molecule has 0 fully saturated rings. The van der Waals surface area contributed by atoms with Crippen molar-refractivity contribution in [3.05, 3.63) is 58.9 Å². The molecule has 0 saturated heterocycles. The highest BCUT2D eigenvalue weighted by atomic mass is 16.1. The molecule has 0 bridgehead atoms. The summed E-state index contributed by atoms with van der Waals surface area (Å²) < 4.78 is 0. The zero-order valence-corrected chi connectivity index (χ0v) is 10.9. The van der Waals surface area contributed by atoms with Gasteiger partial charge in [-0.2, -0.15) is 0 Å². The van der Waals surface area contributed by atoms with Gasteiger partial charge in [-0.1, -0.05) is 31.0 Å². The normalized spacial score (nSPS) is 9.41. The van der Waals surface area contributed by atoms with E-state index in [0.717, 1.165) is 16.7 Å². The van der Waals surface area contributed by atoms with E-state index in [1.807, 2.05) is 45.9 Å². The molecule has 1 N–H and O–H groups in total. The van der Waals surface area contributed by atoms with Crippen LogP contribution in [0.15, 0.2) is 36.5 Å². The lowest BCUT2D eigenvalue weighted by atomic mass is 10.0. The van der Waals surface area contributed by atoms with Crippen LogP contribution < -0.4 is 0 Å². The van der Waals surface area contributed by atoms with Crippen molar-refractivity contribution in [1.29, 1.82) is 0 Å². The van der Waals surface area contributed by atoms with Gasteiger partial charge in [-0.25, -0.2) is 0 Å². The Hall–Kier alpha value is -1.83. The molecule has 2 nitrogen and oxygen atoms in total. The average molecular weight is 229 g/mol. The smallest absolute Gasteiger partial charge is 0.209 e. The van der Waals surface area contributed by atoms with E-state index in [1.54, 1.807) is 12.3 Å². The van der Waals surface area contributed by atoms with Crippen LogP contribution in [0.4, 0.5) is 0 Å². The maximum atomic E-state index is 12.0. The predicted molar refractivity (Wildman–Crippen MR) is 71.5 cm³/mol. The van der Waals surface area contributed by atoms with Gasteiger partial charge in [0.25, 0.3) is 0 Å². The molecular formula is C15H19NO.